The number of nitrogens with two attached hydrogens (primary N) is 1. The molecule has 1 amide bonds. The van der Waals surface area contributed by atoms with E-state index in [0.29, 0.717) is 33.8 Å². The summed E-state index contributed by atoms with van der Waals surface area (Å²) in [5.41, 5.74) is 6.12. The first-order chi connectivity index (χ1) is 10.6. The lowest BCUT2D eigenvalue weighted by Gasteiger charge is -2.14. The normalized spacial score (nSPS) is 10.1. The average molecular weight is 323 g/mol. The Morgan fingerprint density at radius 3 is 2.32 bits per heavy atom. The maximum absolute atomic E-state index is 11.0. The molecular weight excluding hydrogens is 306 g/mol. The molecule has 118 valence electrons. The van der Waals surface area contributed by atoms with Crippen LogP contribution < -0.4 is 25.3 Å². The smallest absolute Gasteiger partial charge is 0.260 e. The first kappa shape index (κ1) is 15.9. The Balaban J connectivity index is 2.16. The van der Waals surface area contributed by atoms with E-state index >= 15 is 0 Å². The minimum Gasteiger partial charge on any atom is -0.493 e. The van der Waals surface area contributed by atoms with Crippen molar-refractivity contribution < 1.29 is 19.0 Å². The van der Waals surface area contributed by atoms with Gasteiger partial charge in [0.25, 0.3) is 5.91 Å². The molecule has 2 rings (SSSR count). The maximum atomic E-state index is 11.0. The molecule has 0 spiro atoms. The minimum absolute atomic E-state index is 0.410. The number of amides is 1. The van der Waals surface area contributed by atoms with Gasteiger partial charge in [0.2, 0.25) is 5.75 Å². The molecule has 7 nitrogen and oxygen atoms in total. The molecule has 0 aliphatic heterocycles. The van der Waals surface area contributed by atoms with Crippen LogP contribution in [0, 0.1) is 0 Å². The summed E-state index contributed by atoms with van der Waals surface area (Å²) in [4.78, 5) is 15.5. The van der Waals surface area contributed by atoms with Crippen LogP contribution in [0.3, 0.4) is 0 Å². The van der Waals surface area contributed by atoms with Gasteiger partial charge in [-0.15, -0.1) is 0 Å². The highest BCUT2D eigenvalue weighted by Crippen LogP contribution is 2.38. The molecule has 0 bridgehead atoms. The Hall–Kier alpha value is -2.48. The SMILES string of the molecule is COc1cc(CNc2ncc(C(N)=O)s2)cc(OC)c1OC. The van der Waals surface area contributed by atoms with Gasteiger partial charge in [0.15, 0.2) is 16.6 Å². The van der Waals surface area contributed by atoms with Crippen molar-refractivity contribution in [1.82, 2.24) is 4.98 Å². The third kappa shape index (κ3) is 3.40. The average Bonchev–Trinajstić information content (AvgIpc) is 3.00. The van der Waals surface area contributed by atoms with E-state index < -0.39 is 5.91 Å². The summed E-state index contributed by atoms with van der Waals surface area (Å²) in [6.07, 6.45) is 1.45. The predicted molar refractivity (Wildman–Crippen MR) is 84.1 cm³/mol. The van der Waals surface area contributed by atoms with Gasteiger partial charge in [-0.1, -0.05) is 11.3 Å². The topological polar surface area (TPSA) is 95.7 Å². The molecule has 3 N–H and O–H groups in total. The summed E-state index contributed by atoms with van der Waals surface area (Å²) >= 11 is 1.20. The van der Waals surface area contributed by atoms with Crippen LogP contribution >= 0.6 is 11.3 Å². The van der Waals surface area contributed by atoms with Gasteiger partial charge in [-0.05, 0) is 17.7 Å². The summed E-state index contributed by atoms with van der Waals surface area (Å²) in [5, 5.41) is 3.74. The standard InChI is InChI=1S/C14H17N3O4S/c1-19-9-4-8(5-10(20-2)12(9)21-3)6-16-14-17-7-11(22-14)13(15)18/h4-5,7H,6H2,1-3H3,(H2,15,18)(H,16,17). The van der Waals surface area contributed by atoms with Crippen molar-refractivity contribution in [3.8, 4) is 17.2 Å². The second kappa shape index (κ2) is 6.99. The molecule has 2 aromatic rings. The highest BCUT2D eigenvalue weighted by atomic mass is 32.1. The van der Waals surface area contributed by atoms with Crippen molar-refractivity contribution in [2.24, 2.45) is 5.73 Å². The van der Waals surface area contributed by atoms with Gasteiger partial charge in [-0.25, -0.2) is 4.98 Å². The van der Waals surface area contributed by atoms with E-state index in [1.54, 1.807) is 21.3 Å². The summed E-state index contributed by atoms with van der Waals surface area (Å²) in [5.74, 6) is 1.21. The Morgan fingerprint density at radius 2 is 1.86 bits per heavy atom. The molecule has 0 radical (unpaired) electrons. The quantitative estimate of drug-likeness (QED) is 0.808. The van der Waals surface area contributed by atoms with Crippen molar-refractivity contribution in [3.63, 3.8) is 0 Å². The number of primary amides is 1. The zero-order valence-corrected chi connectivity index (χ0v) is 13.3. The number of hydrogen-bond acceptors (Lipinski definition) is 7. The van der Waals surface area contributed by atoms with Gasteiger partial charge in [0, 0.05) is 6.54 Å². The van der Waals surface area contributed by atoms with Gasteiger partial charge < -0.3 is 25.3 Å². The molecule has 0 aliphatic rings. The van der Waals surface area contributed by atoms with Gasteiger partial charge in [-0.2, -0.15) is 0 Å². The molecule has 1 aromatic carbocycles. The second-order valence-electron chi connectivity index (χ2n) is 4.28. The first-order valence-electron chi connectivity index (χ1n) is 6.37. The number of ether oxygens (including phenoxy) is 3. The number of benzene rings is 1. The minimum atomic E-state index is -0.488. The molecule has 0 saturated carbocycles. The fourth-order valence-corrected chi connectivity index (χ4v) is 2.55. The van der Waals surface area contributed by atoms with E-state index in [1.807, 2.05) is 12.1 Å². The van der Waals surface area contributed by atoms with Crippen LogP contribution in [0.1, 0.15) is 15.2 Å². The number of rotatable bonds is 7. The van der Waals surface area contributed by atoms with E-state index in [2.05, 4.69) is 10.3 Å². The largest absolute Gasteiger partial charge is 0.493 e. The highest BCUT2D eigenvalue weighted by molar-refractivity contribution is 7.17. The van der Waals surface area contributed by atoms with Crippen molar-refractivity contribution in [3.05, 3.63) is 28.8 Å². The molecule has 8 heteroatoms. The van der Waals surface area contributed by atoms with Crippen LogP contribution in [0.5, 0.6) is 17.2 Å². The number of aromatic nitrogens is 1. The zero-order chi connectivity index (χ0) is 16.1. The fourth-order valence-electron chi connectivity index (χ4n) is 1.88. The number of carbonyl (C=O) groups is 1. The third-order valence-electron chi connectivity index (χ3n) is 2.92. The number of hydrogen-bond donors (Lipinski definition) is 2. The van der Waals surface area contributed by atoms with Crippen molar-refractivity contribution in [1.29, 1.82) is 0 Å². The van der Waals surface area contributed by atoms with E-state index in [-0.39, 0.29) is 0 Å². The zero-order valence-electron chi connectivity index (χ0n) is 12.5. The summed E-state index contributed by atoms with van der Waals surface area (Å²) in [6.45, 7) is 0.489. The van der Waals surface area contributed by atoms with E-state index in [0.717, 1.165) is 5.56 Å². The van der Waals surface area contributed by atoms with Gasteiger partial charge >= 0.3 is 0 Å². The number of nitrogens with zero attached hydrogens (tertiary/aromatic N) is 1. The lowest BCUT2D eigenvalue weighted by atomic mass is 10.2. The molecule has 22 heavy (non-hydrogen) atoms. The summed E-state index contributed by atoms with van der Waals surface area (Å²) in [6, 6.07) is 3.69. The molecule has 0 aliphatic carbocycles. The van der Waals surface area contributed by atoms with E-state index in [9.17, 15) is 4.79 Å². The van der Waals surface area contributed by atoms with Crippen LogP contribution in [-0.4, -0.2) is 32.2 Å². The number of anilines is 1. The molecule has 0 unspecified atom stereocenters. The molecular formula is C14H17N3O4S. The maximum Gasteiger partial charge on any atom is 0.260 e. The monoisotopic (exact) mass is 323 g/mol. The molecule has 1 aromatic heterocycles. The van der Waals surface area contributed by atoms with Gasteiger partial charge in [-0.3, -0.25) is 4.79 Å². The third-order valence-corrected chi connectivity index (χ3v) is 3.89. The molecule has 0 atom stereocenters. The fraction of sp³-hybridized carbons (Fsp3) is 0.286. The second-order valence-corrected chi connectivity index (χ2v) is 5.31. The Kier molecular flexibility index (Phi) is 5.05. The number of methoxy groups -OCH3 is 3. The summed E-state index contributed by atoms with van der Waals surface area (Å²) < 4.78 is 15.9. The Labute approximate surface area is 132 Å². The van der Waals surface area contributed by atoms with Crippen LogP contribution in [-0.2, 0) is 6.54 Å². The Bertz CT molecular complexity index is 647. The van der Waals surface area contributed by atoms with Gasteiger partial charge in [0.05, 0.1) is 27.5 Å². The van der Waals surface area contributed by atoms with Crippen molar-refractivity contribution in [2.45, 2.75) is 6.54 Å². The van der Waals surface area contributed by atoms with Gasteiger partial charge in [0.1, 0.15) is 4.88 Å². The number of carbonyl (C=O) groups excluding carboxylic acids is 1. The highest BCUT2D eigenvalue weighted by Gasteiger charge is 2.13. The van der Waals surface area contributed by atoms with Crippen molar-refractivity contribution in [2.75, 3.05) is 26.6 Å². The van der Waals surface area contributed by atoms with Crippen molar-refractivity contribution >= 4 is 22.4 Å². The molecule has 0 fully saturated rings. The van der Waals surface area contributed by atoms with E-state index in [4.69, 9.17) is 19.9 Å². The van der Waals surface area contributed by atoms with E-state index in [1.165, 1.54) is 17.5 Å². The molecule has 1 heterocycles. The predicted octanol–water partition coefficient (Wildman–Crippen LogP) is 1.88. The number of thiazole rings is 1. The lowest BCUT2D eigenvalue weighted by Crippen LogP contribution is -2.08. The summed E-state index contributed by atoms with van der Waals surface area (Å²) in [7, 11) is 4.68. The van der Waals surface area contributed by atoms with Crippen LogP contribution in [0.15, 0.2) is 18.3 Å². The molecule has 0 saturated heterocycles. The van der Waals surface area contributed by atoms with Crippen LogP contribution in [0.2, 0.25) is 0 Å². The Morgan fingerprint density at radius 1 is 1.23 bits per heavy atom. The number of nitrogens with one attached hydrogen (secondary N) is 1. The first-order valence-corrected chi connectivity index (χ1v) is 7.19. The lowest BCUT2D eigenvalue weighted by molar-refractivity contribution is 0.100. The van der Waals surface area contributed by atoms with Crippen LogP contribution in [0.25, 0.3) is 0 Å². The van der Waals surface area contributed by atoms with Crippen LogP contribution in [0.4, 0.5) is 5.13 Å².